The van der Waals surface area contributed by atoms with Gasteiger partial charge in [0.05, 0.1) is 17.8 Å². The van der Waals surface area contributed by atoms with Crippen molar-refractivity contribution in [3.05, 3.63) is 36.0 Å². The highest BCUT2D eigenvalue weighted by atomic mass is 16.3. The quantitative estimate of drug-likeness (QED) is 0.913. The molecular formula is C16H20N2O. The molecule has 1 aliphatic carbocycles. The second-order valence-electron chi connectivity index (χ2n) is 5.66. The maximum atomic E-state index is 9.36. The molecule has 1 aromatic carbocycles. The van der Waals surface area contributed by atoms with Gasteiger partial charge in [-0.2, -0.15) is 0 Å². The Labute approximate surface area is 113 Å². The van der Waals surface area contributed by atoms with Crippen LogP contribution in [0.15, 0.2) is 30.3 Å². The van der Waals surface area contributed by atoms with E-state index < -0.39 is 0 Å². The molecule has 100 valence electrons. The molecule has 19 heavy (non-hydrogen) atoms. The van der Waals surface area contributed by atoms with Crippen LogP contribution in [-0.4, -0.2) is 23.7 Å². The van der Waals surface area contributed by atoms with Gasteiger partial charge < -0.3 is 10.0 Å². The first kappa shape index (κ1) is 12.4. The van der Waals surface area contributed by atoms with Crippen molar-refractivity contribution in [1.82, 2.24) is 4.98 Å². The number of pyridine rings is 1. The Kier molecular flexibility index (Phi) is 3.15. The third-order valence-corrected chi connectivity index (χ3v) is 4.11. The van der Waals surface area contributed by atoms with Crippen molar-refractivity contribution in [2.24, 2.45) is 11.8 Å². The van der Waals surface area contributed by atoms with E-state index in [2.05, 4.69) is 29.9 Å². The fraction of sp³-hybridized carbons (Fsp3) is 0.438. The maximum Gasteiger partial charge on any atom is 0.0854 e. The van der Waals surface area contributed by atoms with Gasteiger partial charge in [-0.3, -0.25) is 4.98 Å². The summed E-state index contributed by atoms with van der Waals surface area (Å²) in [6.07, 6.45) is 1.33. The minimum Gasteiger partial charge on any atom is -0.390 e. The third kappa shape index (κ3) is 2.43. The zero-order valence-electron chi connectivity index (χ0n) is 11.5. The van der Waals surface area contributed by atoms with E-state index >= 15 is 0 Å². The van der Waals surface area contributed by atoms with Crippen LogP contribution in [0, 0.1) is 11.8 Å². The van der Waals surface area contributed by atoms with E-state index in [9.17, 15) is 5.11 Å². The monoisotopic (exact) mass is 256 g/mol. The lowest BCUT2D eigenvalue weighted by atomic mass is 10.1. The summed E-state index contributed by atoms with van der Waals surface area (Å²) in [6.45, 7) is 3.38. The normalized spacial score (nSPS) is 21.6. The third-order valence-electron chi connectivity index (χ3n) is 4.11. The van der Waals surface area contributed by atoms with Crippen molar-refractivity contribution >= 4 is 16.6 Å². The summed E-state index contributed by atoms with van der Waals surface area (Å²) in [5.74, 6) is 1.67. The Hall–Kier alpha value is -1.61. The van der Waals surface area contributed by atoms with Gasteiger partial charge in [-0.05, 0) is 30.4 Å². The van der Waals surface area contributed by atoms with E-state index in [0.29, 0.717) is 0 Å². The number of aromatic nitrogens is 1. The lowest BCUT2D eigenvalue weighted by Gasteiger charge is -2.22. The Morgan fingerprint density at radius 1 is 1.37 bits per heavy atom. The molecule has 3 heteroatoms. The fourth-order valence-corrected chi connectivity index (χ4v) is 2.71. The zero-order chi connectivity index (χ0) is 13.4. The molecule has 0 amide bonds. The van der Waals surface area contributed by atoms with Gasteiger partial charge in [-0.25, -0.2) is 0 Å². The molecule has 0 saturated heterocycles. The van der Waals surface area contributed by atoms with Gasteiger partial charge in [0, 0.05) is 24.7 Å². The first-order chi connectivity index (χ1) is 9.19. The number of anilines is 1. The van der Waals surface area contributed by atoms with Crippen LogP contribution in [0.4, 0.5) is 5.69 Å². The van der Waals surface area contributed by atoms with E-state index in [0.717, 1.165) is 35.0 Å². The Morgan fingerprint density at radius 2 is 2.11 bits per heavy atom. The second kappa shape index (κ2) is 4.82. The van der Waals surface area contributed by atoms with Gasteiger partial charge in [-0.1, -0.05) is 25.1 Å². The first-order valence-corrected chi connectivity index (χ1v) is 6.89. The predicted octanol–water partition coefficient (Wildman–Crippen LogP) is 2.82. The molecule has 1 fully saturated rings. The van der Waals surface area contributed by atoms with Crippen molar-refractivity contribution in [3.8, 4) is 0 Å². The van der Waals surface area contributed by atoms with Gasteiger partial charge in [0.1, 0.15) is 0 Å². The van der Waals surface area contributed by atoms with Crippen LogP contribution in [0.1, 0.15) is 19.0 Å². The number of benzene rings is 1. The molecule has 0 spiro atoms. The summed E-state index contributed by atoms with van der Waals surface area (Å²) in [4.78, 5) is 6.77. The highest BCUT2D eigenvalue weighted by Gasteiger charge is 2.33. The van der Waals surface area contributed by atoms with E-state index in [1.54, 1.807) is 0 Å². The van der Waals surface area contributed by atoms with Crippen molar-refractivity contribution in [2.75, 3.05) is 18.5 Å². The van der Waals surface area contributed by atoms with E-state index in [-0.39, 0.29) is 6.61 Å². The van der Waals surface area contributed by atoms with E-state index in [4.69, 9.17) is 0 Å². The van der Waals surface area contributed by atoms with Crippen LogP contribution in [-0.2, 0) is 6.61 Å². The summed E-state index contributed by atoms with van der Waals surface area (Å²) in [5, 5.41) is 10.5. The second-order valence-corrected chi connectivity index (χ2v) is 5.66. The van der Waals surface area contributed by atoms with E-state index in [1.807, 2.05) is 24.3 Å². The Bertz CT molecular complexity index is 596. The largest absolute Gasteiger partial charge is 0.390 e. The highest BCUT2D eigenvalue weighted by Crippen LogP contribution is 2.39. The SMILES string of the molecule is CC1CC1CN(C)c1cc(CO)nc2ccccc12. The summed E-state index contributed by atoms with van der Waals surface area (Å²) >= 11 is 0. The van der Waals surface area contributed by atoms with Gasteiger partial charge in [-0.15, -0.1) is 0 Å². The molecule has 1 heterocycles. The van der Waals surface area contributed by atoms with E-state index in [1.165, 1.54) is 12.1 Å². The minimum atomic E-state index is -0.00843. The van der Waals surface area contributed by atoms with Crippen molar-refractivity contribution in [1.29, 1.82) is 0 Å². The van der Waals surface area contributed by atoms with Crippen LogP contribution in [0.2, 0.25) is 0 Å². The molecule has 2 unspecified atom stereocenters. The summed E-state index contributed by atoms with van der Waals surface area (Å²) in [5.41, 5.74) is 2.87. The number of para-hydroxylation sites is 1. The summed E-state index contributed by atoms with van der Waals surface area (Å²) in [6, 6.07) is 10.1. The molecular weight excluding hydrogens is 236 g/mol. The molecule has 0 bridgehead atoms. The fourth-order valence-electron chi connectivity index (χ4n) is 2.71. The number of hydrogen-bond acceptors (Lipinski definition) is 3. The van der Waals surface area contributed by atoms with Crippen LogP contribution in [0.25, 0.3) is 10.9 Å². The van der Waals surface area contributed by atoms with Crippen molar-refractivity contribution in [2.45, 2.75) is 20.0 Å². The molecule has 1 saturated carbocycles. The molecule has 3 nitrogen and oxygen atoms in total. The first-order valence-electron chi connectivity index (χ1n) is 6.89. The van der Waals surface area contributed by atoms with Gasteiger partial charge in [0.2, 0.25) is 0 Å². The average Bonchev–Trinajstić information content (AvgIpc) is 3.12. The molecule has 0 aliphatic heterocycles. The van der Waals surface area contributed by atoms with Crippen LogP contribution in [0.5, 0.6) is 0 Å². The highest BCUT2D eigenvalue weighted by molar-refractivity contribution is 5.91. The summed E-state index contributed by atoms with van der Waals surface area (Å²) < 4.78 is 0. The Balaban J connectivity index is 2.00. The molecule has 0 radical (unpaired) electrons. The predicted molar refractivity (Wildman–Crippen MR) is 78.2 cm³/mol. The lowest BCUT2D eigenvalue weighted by Crippen LogP contribution is -2.21. The van der Waals surface area contributed by atoms with Crippen LogP contribution in [0.3, 0.4) is 0 Å². The van der Waals surface area contributed by atoms with Crippen LogP contribution < -0.4 is 4.90 Å². The average molecular weight is 256 g/mol. The van der Waals surface area contributed by atoms with Crippen molar-refractivity contribution < 1.29 is 5.11 Å². The van der Waals surface area contributed by atoms with Gasteiger partial charge >= 0.3 is 0 Å². The molecule has 3 rings (SSSR count). The Morgan fingerprint density at radius 3 is 2.79 bits per heavy atom. The molecule has 2 atom stereocenters. The lowest BCUT2D eigenvalue weighted by molar-refractivity contribution is 0.277. The number of nitrogens with zero attached hydrogens (tertiary/aromatic N) is 2. The number of hydrogen-bond donors (Lipinski definition) is 1. The number of aliphatic hydroxyl groups excluding tert-OH is 1. The molecule has 1 aliphatic rings. The van der Waals surface area contributed by atoms with Crippen LogP contribution >= 0.6 is 0 Å². The standard InChI is InChI=1S/C16H20N2O/c1-11-7-12(11)9-18(2)16-8-13(10-19)17-15-6-4-3-5-14(15)16/h3-6,8,11-12,19H,7,9-10H2,1-2H3. The number of rotatable bonds is 4. The number of fused-ring (bicyclic) bond motifs is 1. The van der Waals surface area contributed by atoms with Gasteiger partial charge in [0.15, 0.2) is 0 Å². The zero-order valence-corrected chi connectivity index (χ0v) is 11.5. The number of aliphatic hydroxyl groups is 1. The molecule has 1 aromatic heterocycles. The molecule has 1 N–H and O–H groups in total. The summed E-state index contributed by atoms with van der Waals surface area (Å²) in [7, 11) is 2.13. The minimum absolute atomic E-state index is 0.00843. The molecule has 2 aromatic rings. The maximum absolute atomic E-state index is 9.36. The van der Waals surface area contributed by atoms with Gasteiger partial charge in [0.25, 0.3) is 0 Å². The topological polar surface area (TPSA) is 36.4 Å². The smallest absolute Gasteiger partial charge is 0.0854 e. The van der Waals surface area contributed by atoms with Crippen molar-refractivity contribution in [3.63, 3.8) is 0 Å².